The molecular formula is C27H33N7O. The van der Waals surface area contributed by atoms with Crippen LogP contribution in [-0.2, 0) is 0 Å². The van der Waals surface area contributed by atoms with E-state index in [9.17, 15) is 4.79 Å². The topological polar surface area (TPSA) is 106 Å². The third-order valence-corrected chi connectivity index (χ3v) is 6.20. The summed E-state index contributed by atoms with van der Waals surface area (Å²) >= 11 is 0. The Morgan fingerprint density at radius 2 is 1.91 bits per heavy atom. The first-order chi connectivity index (χ1) is 17.1. The van der Waals surface area contributed by atoms with E-state index in [1.165, 1.54) is 25.5 Å². The van der Waals surface area contributed by atoms with Crippen LogP contribution in [0.1, 0.15) is 48.5 Å². The summed E-state index contributed by atoms with van der Waals surface area (Å²) in [5, 5.41) is 17.0. The molecule has 0 spiro atoms. The number of rotatable bonds is 9. The fourth-order valence-corrected chi connectivity index (χ4v) is 4.35. The number of pyridine rings is 2. The zero-order valence-electron chi connectivity index (χ0n) is 20.1. The third kappa shape index (κ3) is 7.10. The number of carbonyl (C=O) groups is 1. The van der Waals surface area contributed by atoms with Gasteiger partial charge in [-0.25, -0.2) is 9.78 Å². The highest BCUT2D eigenvalue weighted by Crippen LogP contribution is 2.22. The van der Waals surface area contributed by atoms with E-state index in [-0.39, 0.29) is 12.1 Å². The zero-order valence-corrected chi connectivity index (χ0v) is 20.1. The summed E-state index contributed by atoms with van der Waals surface area (Å²) in [4.78, 5) is 24.0. The van der Waals surface area contributed by atoms with Crippen LogP contribution >= 0.6 is 0 Å². The number of aryl methyl sites for hydroxylation is 1. The summed E-state index contributed by atoms with van der Waals surface area (Å²) < 4.78 is 0. The Morgan fingerprint density at radius 3 is 2.66 bits per heavy atom. The molecule has 1 aliphatic heterocycles. The molecule has 0 aliphatic carbocycles. The summed E-state index contributed by atoms with van der Waals surface area (Å²) in [7, 11) is 0. The Labute approximate surface area is 206 Å². The molecule has 4 rings (SSSR count). The maximum absolute atomic E-state index is 12.9. The minimum atomic E-state index is -0.314. The van der Waals surface area contributed by atoms with Gasteiger partial charge in [-0.05, 0) is 63.0 Å². The highest BCUT2D eigenvalue weighted by Gasteiger charge is 2.18. The van der Waals surface area contributed by atoms with Crippen molar-refractivity contribution >= 4 is 29.4 Å². The average Bonchev–Trinajstić information content (AvgIpc) is 2.88. The van der Waals surface area contributed by atoms with Crippen LogP contribution in [0, 0.1) is 12.3 Å². The number of urea groups is 1. The zero-order chi connectivity index (χ0) is 24.5. The summed E-state index contributed by atoms with van der Waals surface area (Å²) in [6.07, 6.45) is 9.23. The smallest absolute Gasteiger partial charge is 0.320 e. The van der Waals surface area contributed by atoms with Gasteiger partial charge in [0.15, 0.2) is 0 Å². The Kier molecular flexibility index (Phi) is 8.40. The first kappa shape index (κ1) is 24.3. The Hall–Kier alpha value is -3.78. The lowest BCUT2D eigenvalue weighted by atomic mass is 10.0. The van der Waals surface area contributed by atoms with Gasteiger partial charge in [0, 0.05) is 35.9 Å². The van der Waals surface area contributed by atoms with E-state index < -0.39 is 0 Å². The molecular weight excluding hydrogens is 438 g/mol. The van der Waals surface area contributed by atoms with Crippen molar-refractivity contribution in [2.45, 2.75) is 38.6 Å². The first-order valence-corrected chi connectivity index (χ1v) is 12.2. The molecule has 3 aromatic rings. The molecule has 1 aromatic carbocycles. The normalized spacial score (nSPS) is 14.7. The van der Waals surface area contributed by atoms with E-state index in [1.54, 1.807) is 18.5 Å². The molecule has 2 aromatic heterocycles. The van der Waals surface area contributed by atoms with Crippen molar-refractivity contribution in [3.8, 4) is 0 Å². The minimum Gasteiger partial charge on any atom is -0.354 e. The molecule has 4 N–H and O–H groups in total. The number of hydrogen-bond donors (Lipinski definition) is 4. The number of likely N-dealkylation sites (tertiary alicyclic amines) is 1. The van der Waals surface area contributed by atoms with Crippen LogP contribution in [0.25, 0.3) is 0 Å². The van der Waals surface area contributed by atoms with E-state index in [0.717, 1.165) is 43.0 Å². The molecule has 0 saturated carbocycles. The van der Waals surface area contributed by atoms with Crippen LogP contribution in [0.3, 0.4) is 0 Å². The highest BCUT2D eigenvalue weighted by molar-refractivity contribution is 5.92. The Morgan fingerprint density at radius 1 is 1.11 bits per heavy atom. The predicted molar refractivity (Wildman–Crippen MR) is 141 cm³/mol. The number of amides is 2. The van der Waals surface area contributed by atoms with Gasteiger partial charge in [0.05, 0.1) is 17.9 Å². The second-order valence-electron chi connectivity index (χ2n) is 8.86. The summed E-state index contributed by atoms with van der Waals surface area (Å²) in [6.45, 7) is 5.12. The number of nitrogens with zero attached hydrogens (tertiary/aromatic N) is 3. The van der Waals surface area contributed by atoms with E-state index in [2.05, 4.69) is 30.8 Å². The van der Waals surface area contributed by atoms with Crippen LogP contribution in [0.15, 0.2) is 60.9 Å². The number of hydrogen-bond acceptors (Lipinski definition) is 6. The standard InChI is InChI=1S/C27H33N7O/c1-20-16-23(10-12-29-20)31-25-19-30-26(17-22(25)18-28)33-27(35)32-24(21-8-4-2-5-9-21)11-15-34-13-6-3-7-14-34/h2,4-5,8-10,12,16-19,24,28H,3,6-7,11,13-15H2,1H3,(H,29,31)(H2,30,32,33,35). The molecule has 0 radical (unpaired) electrons. The van der Waals surface area contributed by atoms with Crippen molar-refractivity contribution in [1.29, 1.82) is 5.41 Å². The van der Waals surface area contributed by atoms with Crippen molar-refractivity contribution in [3.05, 3.63) is 77.7 Å². The second-order valence-corrected chi connectivity index (χ2v) is 8.86. The van der Waals surface area contributed by atoms with Gasteiger partial charge in [0.1, 0.15) is 5.82 Å². The molecule has 182 valence electrons. The maximum Gasteiger partial charge on any atom is 0.320 e. The second kappa shape index (κ2) is 12.1. The minimum absolute atomic E-state index is 0.101. The molecule has 8 nitrogen and oxygen atoms in total. The predicted octanol–water partition coefficient (Wildman–Crippen LogP) is 5.27. The van der Waals surface area contributed by atoms with Gasteiger partial charge in [0.2, 0.25) is 0 Å². The summed E-state index contributed by atoms with van der Waals surface area (Å²) in [5.74, 6) is 0.389. The SMILES string of the molecule is Cc1cc(Nc2cnc(NC(=O)NC(CCN3CCCCC3)c3ccccc3)cc2C=N)ccn1. The van der Waals surface area contributed by atoms with Gasteiger partial charge < -0.3 is 20.9 Å². The molecule has 35 heavy (non-hydrogen) atoms. The Balaban J connectivity index is 1.41. The van der Waals surface area contributed by atoms with E-state index >= 15 is 0 Å². The number of carbonyl (C=O) groups excluding carboxylic acids is 1. The van der Waals surface area contributed by atoms with Crippen molar-refractivity contribution < 1.29 is 4.79 Å². The molecule has 1 fully saturated rings. The van der Waals surface area contributed by atoms with Crippen LogP contribution in [0.5, 0.6) is 0 Å². The van der Waals surface area contributed by atoms with Crippen molar-refractivity contribution in [3.63, 3.8) is 0 Å². The van der Waals surface area contributed by atoms with Gasteiger partial charge in [0.25, 0.3) is 0 Å². The molecule has 1 unspecified atom stereocenters. The number of benzene rings is 1. The third-order valence-electron chi connectivity index (χ3n) is 6.20. The van der Waals surface area contributed by atoms with Crippen LogP contribution in [-0.4, -0.2) is 46.7 Å². The monoisotopic (exact) mass is 471 g/mol. The molecule has 8 heteroatoms. The van der Waals surface area contributed by atoms with Crippen LogP contribution in [0.2, 0.25) is 0 Å². The molecule has 3 heterocycles. The molecule has 0 bridgehead atoms. The molecule has 2 amide bonds. The van der Waals surface area contributed by atoms with Crippen LogP contribution in [0.4, 0.5) is 22.0 Å². The summed E-state index contributed by atoms with van der Waals surface area (Å²) in [5.41, 5.74) is 4.14. The van der Waals surface area contributed by atoms with Gasteiger partial charge >= 0.3 is 6.03 Å². The number of nitrogens with one attached hydrogen (secondary N) is 4. The average molecular weight is 472 g/mol. The van der Waals surface area contributed by atoms with E-state index in [1.807, 2.05) is 49.4 Å². The van der Waals surface area contributed by atoms with E-state index in [0.29, 0.717) is 17.1 Å². The molecule has 1 atom stereocenters. The van der Waals surface area contributed by atoms with Gasteiger partial charge in [-0.2, -0.15) is 0 Å². The van der Waals surface area contributed by atoms with Gasteiger partial charge in [-0.15, -0.1) is 0 Å². The number of piperidine rings is 1. The molecule has 1 saturated heterocycles. The molecule has 1 aliphatic rings. The Bertz CT molecular complexity index is 1130. The quantitative estimate of drug-likeness (QED) is 0.318. The van der Waals surface area contributed by atoms with Gasteiger partial charge in [-0.1, -0.05) is 36.8 Å². The highest BCUT2D eigenvalue weighted by atomic mass is 16.2. The van der Waals surface area contributed by atoms with Crippen molar-refractivity contribution in [1.82, 2.24) is 20.2 Å². The maximum atomic E-state index is 12.9. The lowest BCUT2D eigenvalue weighted by Gasteiger charge is -2.28. The fraction of sp³-hybridized carbons (Fsp3) is 0.333. The number of anilines is 3. The van der Waals surface area contributed by atoms with Gasteiger partial charge in [-0.3, -0.25) is 10.3 Å². The lowest BCUT2D eigenvalue weighted by molar-refractivity contribution is 0.214. The summed E-state index contributed by atoms with van der Waals surface area (Å²) in [6, 6.07) is 15.1. The van der Waals surface area contributed by atoms with Crippen molar-refractivity contribution in [2.75, 3.05) is 30.3 Å². The van der Waals surface area contributed by atoms with Crippen molar-refractivity contribution in [2.24, 2.45) is 0 Å². The largest absolute Gasteiger partial charge is 0.354 e. The van der Waals surface area contributed by atoms with E-state index in [4.69, 9.17) is 5.41 Å². The lowest BCUT2D eigenvalue weighted by Crippen LogP contribution is -2.37. The first-order valence-electron chi connectivity index (χ1n) is 12.2. The number of aromatic nitrogens is 2. The van der Waals surface area contributed by atoms with Crippen LogP contribution < -0.4 is 16.0 Å². The fourth-order valence-electron chi connectivity index (χ4n) is 4.35.